The highest BCUT2D eigenvalue weighted by atomic mass is 79.9. The summed E-state index contributed by atoms with van der Waals surface area (Å²) in [6.45, 7) is 1.78. The Bertz CT molecular complexity index is 481. The summed E-state index contributed by atoms with van der Waals surface area (Å²) in [4.78, 5) is 25.5. The van der Waals surface area contributed by atoms with Crippen LogP contribution in [0.5, 0.6) is 0 Å². The third-order valence-electron chi connectivity index (χ3n) is 1.98. The second kappa shape index (κ2) is 6.29. The third-order valence-corrected chi connectivity index (χ3v) is 2.59. The second-order valence-electron chi connectivity index (χ2n) is 3.34. The highest BCUT2D eigenvalue weighted by Gasteiger charge is 2.23. The zero-order valence-electron chi connectivity index (χ0n) is 9.41. The van der Waals surface area contributed by atoms with Gasteiger partial charge in [0.2, 0.25) is 5.82 Å². The molecule has 8 heteroatoms. The molecule has 0 saturated carbocycles. The Morgan fingerprint density at radius 1 is 1.61 bits per heavy atom. The van der Waals surface area contributed by atoms with Crippen LogP contribution in [0.2, 0.25) is 0 Å². The van der Waals surface area contributed by atoms with Crippen LogP contribution in [0.3, 0.4) is 0 Å². The fourth-order valence-electron chi connectivity index (χ4n) is 1.17. The molecule has 0 aromatic heterocycles. The van der Waals surface area contributed by atoms with Gasteiger partial charge in [-0.25, -0.2) is 10.3 Å². The van der Waals surface area contributed by atoms with Crippen molar-refractivity contribution in [2.75, 3.05) is 5.48 Å². The average molecular weight is 321 g/mol. The first-order valence-corrected chi connectivity index (χ1v) is 5.84. The van der Waals surface area contributed by atoms with E-state index in [0.29, 0.717) is 6.42 Å². The molecule has 0 heterocycles. The van der Waals surface area contributed by atoms with E-state index < -0.39 is 22.4 Å². The van der Waals surface area contributed by atoms with Crippen LogP contribution < -0.4 is 5.48 Å². The zero-order valence-corrected chi connectivity index (χ0v) is 11.0. The lowest BCUT2D eigenvalue weighted by atomic mass is 10.2. The molecular formula is C10H10BrFN2O4. The molecule has 1 rings (SSSR count). The molecule has 1 aromatic rings. The van der Waals surface area contributed by atoms with E-state index in [-0.39, 0.29) is 16.6 Å². The number of hydrogen-bond donors (Lipinski definition) is 1. The van der Waals surface area contributed by atoms with E-state index in [0.717, 1.165) is 0 Å². The lowest BCUT2D eigenvalue weighted by Crippen LogP contribution is -2.11. The van der Waals surface area contributed by atoms with Crippen LogP contribution in [0.1, 0.15) is 19.8 Å². The van der Waals surface area contributed by atoms with Crippen LogP contribution in [-0.4, -0.2) is 10.9 Å². The number of nitro benzene ring substituents is 1. The van der Waals surface area contributed by atoms with E-state index in [1.807, 2.05) is 0 Å². The fraction of sp³-hybridized carbons (Fsp3) is 0.300. The minimum absolute atomic E-state index is 0.0420. The average Bonchev–Trinajstić information content (AvgIpc) is 2.30. The number of hydrogen-bond acceptors (Lipinski definition) is 5. The Balaban J connectivity index is 2.92. The van der Waals surface area contributed by atoms with Gasteiger partial charge in [0.25, 0.3) is 0 Å². The Morgan fingerprint density at radius 3 is 2.83 bits per heavy atom. The van der Waals surface area contributed by atoms with Crippen molar-refractivity contribution in [3.63, 3.8) is 0 Å². The number of nitro groups is 1. The quantitative estimate of drug-likeness (QED) is 0.665. The topological polar surface area (TPSA) is 81.5 Å². The molecule has 0 aliphatic carbocycles. The number of halogens is 2. The minimum Gasteiger partial charge on any atom is -0.343 e. The summed E-state index contributed by atoms with van der Waals surface area (Å²) in [6.07, 6.45) is 0.747. The van der Waals surface area contributed by atoms with Gasteiger partial charge in [0, 0.05) is 6.42 Å². The lowest BCUT2D eigenvalue weighted by molar-refractivity contribution is -0.386. The molecule has 0 aliphatic rings. The molecule has 1 aromatic carbocycles. The predicted octanol–water partition coefficient (Wildman–Crippen LogP) is 3.17. The van der Waals surface area contributed by atoms with Crippen LogP contribution in [0.25, 0.3) is 0 Å². The summed E-state index contributed by atoms with van der Waals surface area (Å²) in [6, 6.07) is 2.52. The largest absolute Gasteiger partial charge is 0.343 e. The number of benzene rings is 1. The molecule has 0 atom stereocenters. The maximum atomic E-state index is 13.5. The standard InChI is InChI=1S/C10H10BrFN2O4/c1-2-3-8(15)18-13-7-5-4-6(11)9(12)10(7)14(16)17/h4-5,13H,2-3H2,1H3. The minimum atomic E-state index is -1.03. The first-order valence-electron chi connectivity index (χ1n) is 5.05. The maximum Gasteiger partial charge on any atom is 0.332 e. The first kappa shape index (κ1) is 14.4. The van der Waals surface area contributed by atoms with Crippen molar-refractivity contribution in [1.82, 2.24) is 0 Å². The molecule has 0 spiro atoms. The van der Waals surface area contributed by atoms with E-state index >= 15 is 0 Å². The Labute approximate surface area is 110 Å². The Hall–Kier alpha value is -1.70. The van der Waals surface area contributed by atoms with Gasteiger partial charge in [0.05, 0.1) is 9.40 Å². The Kier molecular flexibility index (Phi) is 5.02. The van der Waals surface area contributed by atoms with Gasteiger partial charge >= 0.3 is 11.7 Å². The molecule has 1 N–H and O–H groups in total. The number of carbonyl (C=O) groups excluding carboxylic acids is 1. The van der Waals surface area contributed by atoms with Gasteiger partial charge in [0.15, 0.2) is 5.69 Å². The molecule has 6 nitrogen and oxygen atoms in total. The van der Waals surface area contributed by atoms with Crippen LogP contribution >= 0.6 is 15.9 Å². The highest BCUT2D eigenvalue weighted by molar-refractivity contribution is 9.10. The molecule has 18 heavy (non-hydrogen) atoms. The summed E-state index contributed by atoms with van der Waals surface area (Å²) in [5.41, 5.74) is 1.09. The predicted molar refractivity (Wildman–Crippen MR) is 65.4 cm³/mol. The number of carbonyl (C=O) groups is 1. The van der Waals surface area contributed by atoms with Gasteiger partial charge in [-0.05, 0) is 34.5 Å². The van der Waals surface area contributed by atoms with E-state index in [2.05, 4.69) is 26.2 Å². The first-order chi connectivity index (χ1) is 8.47. The van der Waals surface area contributed by atoms with Crippen LogP contribution in [-0.2, 0) is 9.63 Å². The third kappa shape index (κ3) is 3.39. The van der Waals surface area contributed by atoms with Gasteiger partial charge in [-0.1, -0.05) is 6.92 Å². The van der Waals surface area contributed by atoms with Crippen molar-refractivity contribution >= 4 is 33.3 Å². The monoisotopic (exact) mass is 320 g/mol. The van der Waals surface area contributed by atoms with Crippen molar-refractivity contribution < 1.29 is 18.9 Å². The smallest absolute Gasteiger partial charge is 0.332 e. The van der Waals surface area contributed by atoms with E-state index in [4.69, 9.17) is 0 Å². The number of nitrogens with one attached hydrogen (secondary N) is 1. The fourth-order valence-corrected chi connectivity index (χ4v) is 1.49. The van der Waals surface area contributed by atoms with Crippen molar-refractivity contribution in [2.45, 2.75) is 19.8 Å². The molecule has 0 unspecified atom stereocenters. The molecule has 0 bridgehead atoms. The van der Waals surface area contributed by atoms with E-state index in [1.54, 1.807) is 6.92 Å². The Morgan fingerprint density at radius 2 is 2.28 bits per heavy atom. The molecule has 0 fully saturated rings. The number of rotatable bonds is 5. The van der Waals surface area contributed by atoms with Gasteiger partial charge in [0.1, 0.15) is 0 Å². The SMILES string of the molecule is CCCC(=O)ONc1ccc(Br)c(F)c1[N+](=O)[O-]. The molecule has 0 radical (unpaired) electrons. The van der Waals surface area contributed by atoms with E-state index in [1.165, 1.54) is 12.1 Å². The normalized spacial score (nSPS) is 9.94. The number of anilines is 1. The molecule has 0 saturated heterocycles. The molecular weight excluding hydrogens is 311 g/mol. The van der Waals surface area contributed by atoms with Gasteiger partial charge < -0.3 is 4.84 Å². The van der Waals surface area contributed by atoms with Gasteiger partial charge in [-0.2, -0.15) is 4.39 Å². The van der Waals surface area contributed by atoms with Crippen molar-refractivity contribution in [2.24, 2.45) is 0 Å². The molecule has 0 amide bonds. The summed E-state index contributed by atoms with van der Waals surface area (Å²) in [5.74, 6) is -1.60. The van der Waals surface area contributed by atoms with Gasteiger partial charge in [-0.15, -0.1) is 0 Å². The second-order valence-corrected chi connectivity index (χ2v) is 4.20. The maximum absolute atomic E-state index is 13.5. The highest BCUT2D eigenvalue weighted by Crippen LogP contribution is 2.32. The van der Waals surface area contributed by atoms with E-state index in [9.17, 15) is 19.3 Å². The summed E-state index contributed by atoms with van der Waals surface area (Å²) >= 11 is 2.84. The van der Waals surface area contributed by atoms with Crippen molar-refractivity contribution in [1.29, 1.82) is 0 Å². The molecule has 98 valence electrons. The molecule has 0 aliphatic heterocycles. The van der Waals surface area contributed by atoms with Crippen LogP contribution in [0, 0.1) is 15.9 Å². The van der Waals surface area contributed by atoms with Crippen LogP contribution in [0.4, 0.5) is 15.8 Å². The van der Waals surface area contributed by atoms with Gasteiger partial charge in [-0.3, -0.25) is 10.1 Å². The summed E-state index contributed by atoms with van der Waals surface area (Å²) < 4.78 is 13.5. The zero-order chi connectivity index (χ0) is 13.7. The number of nitrogens with zero attached hydrogens (tertiary/aromatic N) is 1. The van der Waals surface area contributed by atoms with Crippen molar-refractivity contribution in [3.8, 4) is 0 Å². The van der Waals surface area contributed by atoms with Crippen molar-refractivity contribution in [3.05, 3.63) is 32.5 Å². The summed E-state index contributed by atoms with van der Waals surface area (Å²) in [5, 5.41) is 10.7. The van der Waals surface area contributed by atoms with Crippen LogP contribution in [0.15, 0.2) is 16.6 Å². The lowest BCUT2D eigenvalue weighted by Gasteiger charge is -2.07. The summed E-state index contributed by atoms with van der Waals surface area (Å²) in [7, 11) is 0.